The summed E-state index contributed by atoms with van der Waals surface area (Å²) in [6, 6.07) is 20.4. The number of Topliss-reactive ketones (excluding diaryl/α,β-unsaturated/α-hetero) is 1. The van der Waals surface area contributed by atoms with E-state index in [-0.39, 0.29) is 17.1 Å². The van der Waals surface area contributed by atoms with Gasteiger partial charge < -0.3 is 0 Å². The Kier molecular flexibility index (Phi) is 5.86. The van der Waals surface area contributed by atoms with Crippen molar-refractivity contribution in [2.24, 2.45) is 0 Å². The van der Waals surface area contributed by atoms with Gasteiger partial charge in [0, 0.05) is 28.4 Å². The maximum atomic E-state index is 13.0. The van der Waals surface area contributed by atoms with Crippen molar-refractivity contribution >= 4 is 45.6 Å². The number of carbonyl (C=O) groups is 1. The third kappa shape index (κ3) is 3.65. The van der Waals surface area contributed by atoms with Crippen molar-refractivity contribution in [3.8, 4) is 0 Å². The van der Waals surface area contributed by atoms with Crippen molar-refractivity contribution in [2.45, 2.75) is 37.0 Å². The number of nitrogens with zero attached hydrogens (tertiary/aromatic N) is 2. The summed E-state index contributed by atoms with van der Waals surface area (Å²) < 4.78 is 0. The van der Waals surface area contributed by atoms with Gasteiger partial charge in [0.05, 0.1) is 10.9 Å². The van der Waals surface area contributed by atoms with E-state index in [9.17, 15) is 4.79 Å². The number of hydrogen-bond acceptors (Lipinski definition) is 4. The molecule has 1 heterocycles. The van der Waals surface area contributed by atoms with Crippen LogP contribution in [0.5, 0.6) is 0 Å². The van der Waals surface area contributed by atoms with Crippen molar-refractivity contribution < 1.29 is 4.79 Å². The topological polar surface area (TPSA) is 23.6 Å². The number of thioether (sulfide) groups is 1. The first-order valence-electron chi connectivity index (χ1n) is 10.0. The summed E-state index contributed by atoms with van der Waals surface area (Å²) in [6.45, 7) is 7.66. The summed E-state index contributed by atoms with van der Waals surface area (Å²) >= 11 is 7.90. The number of halogens is 1. The number of hydrogen-bond donors (Lipinski definition) is 0. The van der Waals surface area contributed by atoms with Gasteiger partial charge in [-0.15, -0.1) is 11.8 Å². The van der Waals surface area contributed by atoms with Gasteiger partial charge in [-0.1, -0.05) is 67.9 Å². The largest absolute Gasteiger partial charge is 0.298 e. The Balaban J connectivity index is 1.96. The Bertz CT molecular complexity index is 1030. The zero-order valence-electron chi connectivity index (χ0n) is 16.9. The number of fused-ring (bicyclic) bond motifs is 3. The van der Waals surface area contributed by atoms with Gasteiger partial charge in [0.15, 0.2) is 5.78 Å². The molecule has 0 N–H and O–H groups in total. The number of rotatable bonds is 5. The molecular weight excluding hydrogens is 400 g/mol. The molecule has 2 unspecified atom stereocenters. The van der Waals surface area contributed by atoms with Gasteiger partial charge in [0.1, 0.15) is 6.04 Å². The van der Waals surface area contributed by atoms with Crippen LogP contribution in [0, 0.1) is 0 Å². The van der Waals surface area contributed by atoms with Crippen LogP contribution in [0.2, 0.25) is 5.02 Å². The van der Waals surface area contributed by atoms with Gasteiger partial charge in [0.25, 0.3) is 0 Å². The van der Waals surface area contributed by atoms with Crippen LogP contribution in [0.25, 0.3) is 10.8 Å². The van der Waals surface area contributed by atoms with Gasteiger partial charge in [-0.05, 0) is 36.1 Å². The molecule has 5 heteroatoms. The van der Waals surface area contributed by atoms with Crippen LogP contribution in [-0.4, -0.2) is 29.9 Å². The third-order valence-electron chi connectivity index (χ3n) is 5.55. The molecule has 0 fully saturated rings. The maximum Gasteiger partial charge on any atom is 0.155 e. The first-order chi connectivity index (χ1) is 14.0. The van der Waals surface area contributed by atoms with Crippen LogP contribution < -0.4 is 5.01 Å². The predicted molar refractivity (Wildman–Crippen MR) is 124 cm³/mol. The monoisotopic (exact) mass is 424 g/mol. The lowest BCUT2D eigenvalue weighted by Gasteiger charge is -2.47. The zero-order valence-corrected chi connectivity index (χ0v) is 18.5. The first-order valence-corrected chi connectivity index (χ1v) is 11.3. The van der Waals surface area contributed by atoms with Gasteiger partial charge in [0.2, 0.25) is 0 Å². The molecule has 4 rings (SSSR count). The number of anilines is 1. The molecule has 1 aliphatic heterocycles. The van der Waals surface area contributed by atoms with E-state index in [0.717, 1.165) is 24.3 Å². The summed E-state index contributed by atoms with van der Waals surface area (Å²) in [5, 5.41) is 7.62. The summed E-state index contributed by atoms with van der Waals surface area (Å²) in [5.41, 5.74) is 2.26. The molecule has 1 aliphatic rings. The van der Waals surface area contributed by atoms with E-state index in [1.807, 2.05) is 24.3 Å². The van der Waals surface area contributed by atoms with Gasteiger partial charge in [-0.3, -0.25) is 9.80 Å². The second kappa shape index (κ2) is 8.39. The van der Waals surface area contributed by atoms with E-state index < -0.39 is 0 Å². The van der Waals surface area contributed by atoms with Crippen LogP contribution >= 0.6 is 23.4 Å². The van der Waals surface area contributed by atoms with Crippen molar-refractivity contribution in [1.29, 1.82) is 0 Å². The number of benzene rings is 3. The zero-order chi connectivity index (χ0) is 20.5. The molecule has 3 aromatic carbocycles. The fourth-order valence-corrected chi connectivity index (χ4v) is 5.76. The van der Waals surface area contributed by atoms with Crippen LogP contribution in [-0.2, 0) is 4.79 Å². The van der Waals surface area contributed by atoms with Gasteiger partial charge in [-0.25, -0.2) is 5.01 Å². The van der Waals surface area contributed by atoms with E-state index in [2.05, 4.69) is 60.3 Å². The third-order valence-corrected chi connectivity index (χ3v) is 7.17. The van der Waals surface area contributed by atoms with Gasteiger partial charge >= 0.3 is 0 Å². The average molecular weight is 425 g/mol. The highest BCUT2D eigenvalue weighted by Gasteiger charge is 2.41. The maximum absolute atomic E-state index is 13.0. The minimum Gasteiger partial charge on any atom is -0.298 e. The number of ketones is 1. The smallest absolute Gasteiger partial charge is 0.155 e. The van der Waals surface area contributed by atoms with Crippen molar-refractivity contribution in [3.05, 3.63) is 71.2 Å². The number of carbonyl (C=O) groups excluding carboxylic acids is 1. The molecule has 0 saturated heterocycles. The van der Waals surface area contributed by atoms with Crippen molar-refractivity contribution in [2.75, 3.05) is 18.1 Å². The van der Waals surface area contributed by atoms with Crippen molar-refractivity contribution in [1.82, 2.24) is 5.01 Å². The molecule has 0 spiro atoms. The normalized spacial score (nSPS) is 18.9. The molecule has 3 aromatic rings. The summed E-state index contributed by atoms with van der Waals surface area (Å²) in [6.07, 6.45) is 0. The Labute approximate surface area is 181 Å². The molecule has 2 atom stereocenters. The van der Waals surface area contributed by atoms with Crippen LogP contribution in [0.3, 0.4) is 0 Å². The second-order valence-electron chi connectivity index (χ2n) is 7.26. The number of hydrazine groups is 1. The van der Waals surface area contributed by atoms with Gasteiger partial charge in [-0.2, -0.15) is 0 Å². The Morgan fingerprint density at radius 2 is 1.72 bits per heavy atom. The van der Waals surface area contributed by atoms with Crippen LogP contribution in [0.4, 0.5) is 5.69 Å². The molecule has 0 radical (unpaired) electrons. The SMILES string of the molecule is CCN(CC)N1c2c(ccc3ccccc23)SC(c2ccc(Cl)cc2)C1C(C)=O. The molecule has 150 valence electrons. The highest BCUT2D eigenvalue weighted by molar-refractivity contribution is 7.99. The van der Waals surface area contributed by atoms with E-state index >= 15 is 0 Å². The molecule has 0 amide bonds. The fraction of sp³-hybridized carbons (Fsp3) is 0.292. The predicted octanol–water partition coefficient (Wildman–Crippen LogP) is 6.36. The quantitative estimate of drug-likeness (QED) is 0.475. The lowest BCUT2D eigenvalue weighted by molar-refractivity contribution is -0.119. The minimum atomic E-state index is -0.278. The lowest BCUT2D eigenvalue weighted by Crippen LogP contribution is -2.55. The Morgan fingerprint density at radius 1 is 1.03 bits per heavy atom. The lowest BCUT2D eigenvalue weighted by atomic mass is 9.99. The second-order valence-corrected chi connectivity index (χ2v) is 8.88. The first kappa shape index (κ1) is 20.3. The Hall–Kier alpha value is -2.01. The standard InChI is InChI=1S/C24H25ClN2OS/c1-4-26(5-2)27-22(16(3)28)24(18-10-13-19(25)14-11-18)29-21-15-12-17-8-6-7-9-20(17)23(21)27/h6-15,22,24H,4-5H2,1-3H3. The molecule has 0 saturated carbocycles. The molecule has 0 bridgehead atoms. The van der Waals surface area contributed by atoms with E-state index in [1.165, 1.54) is 15.7 Å². The molecule has 0 aromatic heterocycles. The highest BCUT2D eigenvalue weighted by atomic mass is 35.5. The highest BCUT2D eigenvalue weighted by Crippen LogP contribution is 2.52. The summed E-state index contributed by atoms with van der Waals surface area (Å²) in [4.78, 5) is 14.2. The van der Waals surface area contributed by atoms with Crippen molar-refractivity contribution in [3.63, 3.8) is 0 Å². The average Bonchev–Trinajstić information content (AvgIpc) is 2.74. The van der Waals surface area contributed by atoms with Crippen LogP contribution in [0.1, 0.15) is 31.6 Å². The Morgan fingerprint density at radius 3 is 2.38 bits per heavy atom. The minimum absolute atomic E-state index is 0.000899. The van der Waals surface area contributed by atoms with E-state index in [1.54, 1.807) is 18.7 Å². The molecule has 3 nitrogen and oxygen atoms in total. The summed E-state index contributed by atoms with van der Waals surface area (Å²) in [5.74, 6) is 0.169. The van der Waals surface area contributed by atoms with E-state index in [4.69, 9.17) is 11.6 Å². The fourth-order valence-electron chi connectivity index (χ4n) is 4.17. The molecular formula is C24H25ClN2OS. The van der Waals surface area contributed by atoms with Crippen LogP contribution in [0.15, 0.2) is 65.6 Å². The molecule has 29 heavy (non-hydrogen) atoms. The summed E-state index contributed by atoms with van der Waals surface area (Å²) in [7, 11) is 0. The molecule has 0 aliphatic carbocycles. The van der Waals surface area contributed by atoms with E-state index in [0.29, 0.717) is 5.02 Å².